The van der Waals surface area contributed by atoms with Crippen molar-refractivity contribution in [2.45, 2.75) is 5.63 Å². The summed E-state index contributed by atoms with van der Waals surface area (Å²) < 4.78 is 12.7. The van der Waals surface area contributed by atoms with Gasteiger partial charge in [0.15, 0.2) is 0 Å². The lowest BCUT2D eigenvalue weighted by Crippen LogP contribution is -2.50. The Bertz CT molecular complexity index is 490. The van der Waals surface area contributed by atoms with Crippen LogP contribution < -0.4 is 4.90 Å². The second-order valence-electron chi connectivity index (χ2n) is 4.27. The van der Waals surface area contributed by atoms with E-state index in [4.69, 9.17) is 16.9 Å². The lowest BCUT2D eigenvalue weighted by Gasteiger charge is -2.36. The number of amides is 1. The summed E-state index contributed by atoms with van der Waals surface area (Å²) in [4.78, 5) is 14.9. The first kappa shape index (κ1) is 13.6. The highest BCUT2D eigenvalue weighted by Crippen LogP contribution is 2.18. The fraction of sp³-hybridized carbons (Fsp3) is 0.385. The zero-order valence-corrected chi connectivity index (χ0v) is 11.0. The lowest BCUT2D eigenvalue weighted by atomic mass is 10.2. The van der Waals surface area contributed by atoms with Gasteiger partial charge in [0.2, 0.25) is 0 Å². The second kappa shape index (κ2) is 5.89. The highest BCUT2D eigenvalue weighted by atomic mass is 35.5. The minimum Gasteiger partial charge on any atom is -0.368 e. The molecule has 4 nitrogen and oxygen atoms in total. The Labute approximate surface area is 116 Å². The largest absolute Gasteiger partial charge is 0.368 e. The van der Waals surface area contributed by atoms with Crippen molar-refractivity contribution in [2.24, 2.45) is 0 Å². The molecule has 0 bridgehead atoms. The van der Waals surface area contributed by atoms with E-state index < -0.39 is 11.5 Å². The van der Waals surface area contributed by atoms with E-state index in [1.165, 1.54) is 4.90 Å². The number of nitrogens with zero attached hydrogens (tertiary/aromatic N) is 3. The van der Waals surface area contributed by atoms with Gasteiger partial charge in [-0.2, -0.15) is 5.26 Å². The zero-order valence-electron chi connectivity index (χ0n) is 10.2. The molecule has 19 heavy (non-hydrogen) atoms. The highest BCUT2D eigenvalue weighted by Gasteiger charge is 2.25. The third kappa shape index (κ3) is 3.15. The Morgan fingerprint density at radius 1 is 1.26 bits per heavy atom. The molecule has 1 aliphatic rings. The van der Waals surface area contributed by atoms with Crippen LogP contribution >= 0.6 is 11.6 Å². The van der Waals surface area contributed by atoms with E-state index in [1.54, 1.807) is 12.1 Å². The van der Waals surface area contributed by atoms with Crippen molar-refractivity contribution in [1.82, 2.24) is 4.90 Å². The van der Waals surface area contributed by atoms with E-state index in [9.17, 15) is 9.18 Å². The maximum atomic E-state index is 12.7. The van der Waals surface area contributed by atoms with Crippen LogP contribution in [0.3, 0.4) is 0 Å². The summed E-state index contributed by atoms with van der Waals surface area (Å²) in [6.07, 6.45) is 0. The summed E-state index contributed by atoms with van der Waals surface area (Å²) in [6.45, 7) is 2.15. The molecule has 6 heteroatoms. The SMILES string of the molecule is N#Cc1ccc(N2CCN(C(=O)C(F)Cl)CC2)cc1. The number of carbonyl (C=O) groups excluding carboxylic acids is 1. The molecule has 1 aromatic rings. The molecule has 0 N–H and O–H groups in total. The van der Waals surface area contributed by atoms with Gasteiger partial charge in [0, 0.05) is 31.9 Å². The Hall–Kier alpha value is -1.80. The van der Waals surface area contributed by atoms with Crippen molar-refractivity contribution in [2.75, 3.05) is 31.1 Å². The molecule has 1 aliphatic heterocycles. The first-order valence-corrected chi connectivity index (χ1v) is 6.37. The van der Waals surface area contributed by atoms with Crippen LogP contribution in [0, 0.1) is 11.3 Å². The van der Waals surface area contributed by atoms with Crippen molar-refractivity contribution < 1.29 is 9.18 Å². The number of rotatable bonds is 2. The Morgan fingerprint density at radius 3 is 2.32 bits per heavy atom. The minimum absolute atomic E-state index is 0.450. The minimum atomic E-state index is -1.96. The number of benzene rings is 1. The molecule has 0 radical (unpaired) electrons. The molecule has 1 atom stereocenters. The number of halogens is 2. The molecule has 1 unspecified atom stereocenters. The van der Waals surface area contributed by atoms with E-state index in [-0.39, 0.29) is 0 Å². The van der Waals surface area contributed by atoms with Crippen LogP contribution in [0.5, 0.6) is 0 Å². The molecule has 0 spiro atoms. The first-order valence-electron chi connectivity index (χ1n) is 5.94. The lowest BCUT2D eigenvalue weighted by molar-refractivity contribution is -0.133. The molecular formula is C13H13ClFN3O. The molecule has 100 valence electrons. The Kier molecular flexibility index (Phi) is 4.23. The summed E-state index contributed by atoms with van der Waals surface area (Å²) >= 11 is 5.15. The van der Waals surface area contributed by atoms with Crippen LogP contribution in [0.2, 0.25) is 0 Å². The van der Waals surface area contributed by atoms with Gasteiger partial charge in [0.05, 0.1) is 11.6 Å². The summed E-state index contributed by atoms with van der Waals surface area (Å²) in [5, 5.41) is 8.73. The smallest absolute Gasteiger partial charge is 0.272 e. The molecular weight excluding hydrogens is 269 g/mol. The summed E-state index contributed by atoms with van der Waals surface area (Å²) in [5.41, 5.74) is -0.352. The van der Waals surface area contributed by atoms with Crippen molar-refractivity contribution in [3.05, 3.63) is 29.8 Å². The first-order chi connectivity index (χ1) is 9.11. The molecule has 0 aliphatic carbocycles. The van der Waals surface area contributed by atoms with Gasteiger partial charge in [-0.1, -0.05) is 11.6 Å². The van der Waals surface area contributed by atoms with Crippen LogP contribution in [0.4, 0.5) is 10.1 Å². The molecule has 1 saturated heterocycles. The monoisotopic (exact) mass is 281 g/mol. The number of hydrogen-bond donors (Lipinski definition) is 0. The maximum Gasteiger partial charge on any atom is 0.272 e. The van der Waals surface area contributed by atoms with Crippen LogP contribution in [-0.2, 0) is 4.79 Å². The van der Waals surface area contributed by atoms with Gasteiger partial charge in [-0.25, -0.2) is 4.39 Å². The van der Waals surface area contributed by atoms with Gasteiger partial charge < -0.3 is 9.80 Å². The van der Waals surface area contributed by atoms with Gasteiger partial charge in [-0.15, -0.1) is 0 Å². The quantitative estimate of drug-likeness (QED) is 0.776. The van der Waals surface area contributed by atoms with Crippen LogP contribution in [0.25, 0.3) is 0 Å². The number of anilines is 1. The predicted octanol–water partition coefficient (Wildman–Crippen LogP) is 1.74. The topological polar surface area (TPSA) is 47.3 Å². The molecule has 2 rings (SSSR count). The highest BCUT2D eigenvalue weighted by molar-refractivity contribution is 6.29. The summed E-state index contributed by atoms with van der Waals surface area (Å²) in [7, 11) is 0. The van der Waals surface area contributed by atoms with Gasteiger partial charge in [0.25, 0.3) is 11.5 Å². The maximum absolute atomic E-state index is 12.7. The van der Waals surface area contributed by atoms with Crippen molar-refractivity contribution in [3.8, 4) is 6.07 Å². The average Bonchev–Trinajstić information content (AvgIpc) is 2.46. The fourth-order valence-electron chi connectivity index (χ4n) is 2.07. The van der Waals surface area contributed by atoms with Crippen molar-refractivity contribution in [1.29, 1.82) is 5.26 Å². The average molecular weight is 282 g/mol. The van der Waals surface area contributed by atoms with E-state index in [0.29, 0.717) is 31.7 Å². The van der Waals surface area contributed by atoms with Crippen LogP contribution in [0.1, 0.15) is 5.56 Å². The van der Waals surface area contributed by atoms with Crippen molar-refractivity contribution in [3.63, 3.8) is 0 Å². The van der Waals surface area contributed by atoms with Gasteiger partial charge in [-0.05, 0) is 24.3 Å². The van der Waals surface area contributed by atoms with E-state index in [0.717, 1.165) is 5.69 Å². The van der Waals surface area contributed by atoms with E-state index >= 15 is 0 Å². The summed E-state index contributed by atoms with van der Waals surface area (Å²) in [5.74, 6) is -0.666. The molecule has 0 aromatic heterocycles. The van der Waals surface area contributed by atoms with Gasteiger partial charge >= 0.3 is 0 Å². The number of piperazine rings is 1. The molecule has 1 heterocycles. The van der Waals surface area contributed by atoms with Crippen LogP contribution in [-0.4, -0.2) is 42.6 Å². The Balaban J connectivity index is 1.96. The third-order valence-corrected chi connectivity index (χ3v) is 3.33. The van der Waals surface area contributed by atoms with Gasteiger partial charge in [0.1, 0.15) is 0 Å². The summed E-state index contributed by atoms with van der Waals surface area (Å²) in [6, 6.07) is 9.31. The van der Waals surface area contributed by atoms with E-state index in [2.05, 4.69) is 11.0 Å². The molecule has 1 aromatic carbocycles. The molecule has 1 fully saturated rings. The molecule has 1 amide bonds. The number of carbonyl (C=O) groups is 1. The number of hydrogen-bond acceptors (Lipinski definition) is 3. The normalized spacial score (nSPS) is 16.9. The molecule has 0 saturated carbocycles. The van der Waals surface area contributed by atoms with Crippen molar-refractivity contribution >= 4 is 23.2 Å². The number of nitriles is 1. The third-order valence-electron chi connectivity index (χ3n) is 3.14. The van der Waals surface area contributed by atoms with E-state index in [1.807, 2.05) is 12.1 Å². The standard InChI is InChI=1S/C13H13ClFN3O/c14-12(15)13(19)18-7-5-17(6-8-18)11-3-1-10(9-16)2-4-11/h1-4,12H,5-8H2. The zero-order chi connectivity index (χ0) is 13.8. The second-order valence-corrected chi connectivity index (χ2v) is 4.65. The van der Waals surface area contributed by atoms with Crippen LogP contribution in [0.15, 0.2) is 24.3 Å². The fourth-order valence-corrected chi connectivity index (χ4v) is 2.21. The van der Waals surface area contributed by atoms with Gasteiger partial charge in [-0.3, -0.25) is 4.79 Å². The number of alkyl halides is 2. The predicted molar refractivity (Wildman–Crippen MR) is 70.7 cm³/mol. The Morgan fingerprint density at radius 2 is 1.84 bits per heavy atom.